The maximum atomic E-state index is 11.6. The van der Waals surface area contributed by atoms with Gasteiger partial charge in [0.15, 0.2) is 4.73 Å². The molecule has 8 heteroatoms. The zero-order chi connectivity index (χ0) is 11.0. The van der Waals surface area contributed by atoms with Gasteiger partial charge in [0.05, 0.1) is 11.7 Å². The fraction of sp³-hybridized carbons (Fsp3) is 0. The number of carbonyl (C=O) groups is 1. The van der Waals surface area contributed by atoms with E-state index in [4.69, 9.17) is 5.11 Å². The molecule has 0 unspecified atom stereocenters. The van der Waals surface area contributed by atoms with E-state index in [1.165, 1.54) is 6.20 Å². The van der Waals surface area contributed by atoms with Gasteiger partial charge in [0.25, 0.3) is 0 Å². The number of aromatic carboxylic acids is 1. The summed E-state index contributed by atoms with van der Waals surface area (Å²) in [4.78, 5) is 32.6. The summed E-state index contributed by atoms with van der Waals surface area (Å²) in [6.45, 7) is 0. The largest absolute Gasteiger partial charge is 0.477 e. The summed E-state index contributed by atoms with van der Waals surface area (Å²) in [7, 11) is 0. The molecule has 2 aromatic heterocycles. The van der Waals surface area contributed by atoms with Crippen LogP contribution in [0.4, 0.5) is 0 Å². The average Bonchev–Trinajstić information content (AvgIpc) is 2.19. The maximum absolute atomic E-state index is 11.6. The number of carboxylic acid groups (broad SMARTS) is 1. The fourth-order valence-corrected chi connectivity index (χ4v) is 1.42. The molecule has 1 radical (unpaired) electrons. The van der Waals surface area contributed by atoms with Gasteiger partial charge in [-0.15, -0.1) is 0 Å². The van der Waals surface area contributed by atoms with Crippen LogP contribution in [0.25, 0.3) is 11.0 Å². The Morgan fingerprint density at radius 1 is 1.50 bits per heavy atom. The van der Waals surface area contributed by atoms with Gasteiger partial charge in [-0.2, -0.15) is 0 Å². The molecule has 0 aliphatic heterocycles. The van der Waals surface area contributed by atoms with Crippen molar-refractivity contribution >= 4 is 32.9 Å². The van der Waals surface area contributed by atoms with Crippen molar-refractivity contribution in [3.8, 4) is 0 Å². The first-order valence-corrected chi connectivity index (χ1v) is 4.66. The number of rotatable bonds is 1. The van der Waals surface area contributed by atoms with Crippen molar-refractivity contribution in [2.24, 2.45) is 0 Å². The molecule has 0 saturated carbocycles. The number of nitrogens with one attached hydrogen (secondary N) is 1. The zero-order valence-corrected chi connectivity index (χ0v) is 12.2. The third-order valence-electron chi connectivity index (χ3n) is 1.82. The van der Waals surface area contributed by atoms with Crippen LogP contribution in [0, 0.1) is 0 Å². The van der Waals surface area contributed by atoms with Gasteiger partial charge in [-0.3, -0.25) is 4.79 Å². The van der Waals surface area contributed by atoms with Gasteiger partial charge in [0.2, 0.25) is 5.43 Å². The number of hydrogen-bond acceptors (Lipinski definition) is 4. The van der Waals surface area contributed by atoms with E-state index in [9.17, 15) is 9.59 Å². The van der Waals surface area contributed by atoms with E-state index >= 15 is 0 Å². The van der Waals surface area contributed by atoms with Crippen LogP contribution in [0.1, 0.15) is 10.4 Å². The van der Waals surface area contributed by atoms with Gasteiger partial charge in [-0.25, -0.2) is 14.8 Å². The summed E-state index contributed by atoms with van der Waals surface area (Å²) in [6, 6.07) is 0. The van der Waals surface area contributed by atoms with Crippen molar-refractivity contribution in [3.05, 3.63) is 32.9 Å². The normalized spacial score (nSPS) is 9.81. The van der Waals surface area contributed by atoms with Crippen LogP contribution in [0.5, 0.6) is 0 Å². The molecule has 79 valence electrons. The van der Waals surface area contributed by atoms with E-state index in [-0.39, 0.29) is 48.5 Å². The predicted octanol–water partition coefficient (Wildman–Crippen LogP) is 0.776. The van der Waals surface area contributed by atoms with E-state index < -0.39 is 11.4 Å². The van der Waals surface area contributed by atoms with E-state index in [0.717, 1.165) is 6.20 Å². The molecule has 16 heavy (non-hydrogen) atoms. The van der Waals surface area contributed by atoms with E-state index in [0.29, 0.717) is 5.52 Å². The summed E-state index contributed by atoms with van der Waals surface area (Å²) in [5.74, 6) is -1.28. The monoisotopic (exact) mass is 358 g/mol. The number of aromatic nitrogens is 3. The number of halogens is 1. The minimum atomic E-state index is -1.28. The number of nitrogens with zero attached hydrogens (tertiary/aromatic N) is 2. The predicted molar refractivity (Wildman–Crippen MR) is 54.8 cm³/mol. The van der Waals surface area contributed by atoms with Crippen LogP contribution in [0.3, 0.4) is 0 Å². The second kappa shape index (κ2) is 5.12. The Balaban J connectivity index is 0.00000128. The zero-order valence-electron chi connectivity index (χ0n) is 7.77. The Labute approximate surface area is 123 Å². The molecular formula is C8H4BrN3O3Y. The van der Waals surface area contributed by atoms with Gasteiger partial charge in [-0.05, 0) is 15.9 Å². The number of fused-ring (bicyclic) bond motifs is 1. The van der Waals surface area contributed by atoms with Crippen LogP contribution in [-0.2, 0) is 32.7 Å². The molecule has 0 spiro atoms. The van der Waals surface area contributed by atoms with Gasteiger partial charge < -0.3 is 10.1 Å². The first-order chi connectivity index (χ1) is 7.09. The number of carboxylic acids is 1. The molecule has 6 nitrogen and oxygen atoms in total. The molecule has 2 N–H and O–H groups in total. The minimum Gasteiger partial charge on any atom is -0.477 e. The number of hydrogen-bond donors (Lipinski definition) is 2. The smallest absolute Gasteiger partial charge is 0.341 e. The molecule has 0 saturated heterocycles. The van der Waals surface area contributed by atoms with E-state index in [1.54, 1.807) is 0 Å². The van der Waals surface area contributed by atoms with Gasteiger partial charge in [-0.1, -0.05) is 0 Å². The Morgan fingerprint density at radius 3 is 2.81 bits per heavy atom. The second-order valence-electron chi connectivity index (χ2n) is 2.74. The summed E-state index contributed by atoms with van der Waals surface area (Å²) >= 11 is 3.01. The van der Waals surface area contributed by atoms with Crippen molar-refractivity contribution in [1.82, 2.24) is 15.0 Å². The Bertz CT molecular complexity index is 613. The molecule has 0 aliphatic rings. The van der Waals surface area contributed by atoms with E-state index in [2.05, 4.69) is 30.9 Å². The number of pyridine rings is 1. The summed E-state index contributed by atoms with van der Waals surface area (Å²) in [5, 5.41) is 8.72. The van der Waals surface area contributed by atoms with Crippen LogP contribution in [-0.4, -0.2) is 26.0 Å². The molecule has 0 amide bonds. The molecule has 0 aliphatic carbocycles. The van der Waals surface area contributed by atoms with Crippen molar-refractivity contribution < 1.29 is 42.6 Å². The van der Waals surface area contributed by atoms with Gasteiger partial charge in [0, 0.05) is 38.9 Å². The van der Waals surface area contributed by atoms with Crippen LogP contribution < -0.4 is 5.43 Å². The minimum absolute atomic E-state index is 0. The molecule has 0 atom stereocenters. The molecule has 0 bridgehead atoms. The van der Waals surface area contributed by atoms with Crippen molar-refractivity contribution in [3.63, 3.8) is 0 Å². The molecule has 0 aromatic carbocycles. The van der Waals surface area contributed by atoms with Crippen LogP contribution in [0.2, 0.25) is 0 Å². The fourth-order valence-electron chi connectivity index (χ4n) is 1.14. The SMILES string of the molecule is O=C(O)c1c[nH]c2cnc(Br)nc2c1=O.[Y]. The maximum Gasteiger partial charge on any atom is 0.341 e. The number of aromatic amines is 1. The molecule has 2 rings (SSSR count). The first-order valence-electron chi connectivity index (χ1n) is 3.87. The van der Waals surface area contributed by atoms with Crippen LogP contribution >= 0.6 is 15.9 Å². The van der Waals surface area contributed by atoms with Crippen molar-refractivity contribution in [1.29, 1.82) is 0 Å². The molecule has 2 aromatic rings. The summed E-state index contributed by atoms with van der Waals surface area (Å²) in [5.41, 5.74) is -0.516. The second-order valence-corrected chi connectivity index (χ2v) is 3.45. The Hall–Kier alpha value is -0.656. The third kappa shape index (κ3) is 2.36. The Kier molecular flexibility index (Phi) is 4.29. The molecular weight excluding hydrogens is 355 g/mol. The average molecular weight is 359 g/mol. The quantitative estimate of drug-likeness (QED) is 0.734. The van der Waals surface area contributed by atoms with E-state index in [1.807, 2.05) is 0 Å². The van der Waals surface area contributed by atoms with Gasteiger partial charge >= 0.3 is 5.97 Å². The van der Waals surface area contributed by atoms with Gasteiger partial charge in [0.1, 0.15) is 11.1 Å². The third-order valence-corrected chi connectivity index (χ3v) is 2.20. The van der Waals surface area contributed by atoms with Crippen LogP contribution in [0.15, 0.2) is 21.9 Å². The van der Waals surface area contributed by atoms with Crippen molar-refractivity contribution in [2.45, 2.75) is 0 Å². The standard InChI is InChI=1S/C8H4BrN3O3.Y/c9-8-11-2-4-5(12-8)6(13)3(1-10-4)7(14)15;/h1-2H,(H,10,13)(H,14,15);. The Morgan fingerprint density at radius 2 is 2.19 bits per heavy atom. The summed E-state index contributed by atoms with van der Waals surface area (Å²) < 4.78 is 0.239. The molecule has 0 fully saturated rings. The van der Waals surface area contributed by atoms with Crippen molar-refractivity contribution in [2.75, 3.05) is 0 Å². The summed E-state index contributed by atoms with van der Waals surface area (Å²) in [6.07, 6.45) is 2.53. The molecule has 2 heterocycles. The topological polar surface area (TPSA) is 95.9 Å². The first kappa shape index (κ1) is 13.4. The number of H-pyrrole nitrogens is 1.